The Bertz CT molecular complexity index is 2660. The molecule has 0 bridgehead atoms. The number of nitrogens with zero attached hydrogens (tertiary/aromatic N) is 5. The van der Waals surface area contributed by atoms with Crippen LogP contribution in [0, 0.1) is 11.8 Å². The summed E-state index contributed by atoms with van der Waals surface area (Å²) in [6.45, 7) is 9.19. The van der Waals surface area contributed by atoms with Gasteiger partial charge in [0, 0.05) is 42.7 Å². The van der Waals surface area contributed by atoms with Crippen LogP contribution in [0.15, 0.2) is 54.7 Å². The Morgan fingerprint density at radius 2 is 1.47 bits per heavy atom. The third-order valence-corrected chi connectivity index (χ3v) is 11.1. The van der Waals surface area contributed by atoms with Crippen LogP contribution in [0.25, 0.3) is 54.9 Å². The van der Waals surface area contributed by atoms with Gasteiger partial charge in [-0.1, -0.05) is 52.0 Å². The molecule has 2 unspecified atom stereocenters. The number of likely N-dealkylation sites (tertiary alicyclic amines) is 2. The summed E-state index contributed by atoms with van der Waals surface area (Å²) in [5, 5.41) is 8.82. The predicted octanol–water partition coefficient (Wildman–Crippen LogP) is 6.68. The van der Waals surface area contributed by atoms with Crippen molar-refractivity contribution >= 4 is 67.4 Å². The fourth-order valence-electron chi connectivity index (χ4n) is 8.29. The Morgan fingerprint density at radius 1 is 0.807 bits per heavy atom. The van der Waals surface area contributed by atoms with Gasteiger partial charge in [0.2, 0.25) is 17.7 Å². The van der Waals surface area contributed by atoms with Crippen molar-refractivity contribution in [3.8, 4) is 11.3 Å². The van der Waals surface area contributed by atoms with Gasteiger partial charge in [0.25, 0.3) is 0 Å². The molecule has 2 saturated heterocycles. The van der Waals surface area contributed by atoms with Crippen LogP contribution in [-0.2, 0) is 19.1 Å². The van der Waals surface area contributed by atoms with E-state index in [0.29, 0.717) is 48.6 Å². The number of hydrogen-bond donors (Lipinski definition) is 4. The lowest BCUT2D eigenvalue weighted by Gasteiger charge is -2.30. The summed E-state index contributed by atoms with van der Waals surface area (Å²) < 4.78 is 22.6. The molecule has 14 heteroatoms. The highest BCUT2D eigenvalue weighted by atomic mass is 16.5. The van der Waals surface area contributed by atoms with Crippen molar-refractivity contribution < 1.29 is 26.7 Å². The summed E-state index contributed by atoms with van der Waals surface area (Å²) in [5.74, 6) is -1.15. The minimum absolute atomic E-state index is 0.342. The van der Waals surface area contributed by atoms with Crippen molar-refractivity contribution in [2.75, 3.05) is 20.2 Å². The predicted molar refractivity (Wildman–Crippen MR) is 218 cm³/mol. The quantitative estimate of drug-likeness (QED) is 0.126. The number of imidazole rings is 2. The maximum atomic E-state index is 13.8. The smallest absolute Gasteiger partial charge is 0.407 e. The van der Waals surface area contributed by atoms with Crippen molar-refractivity contribution in [1.29, 1.82) is 0 Å². The van der Waals surface area contributed by atoms with Gasteiger partial charge in [-0.3, -0.25) is 14.4 Å². The molecule has 14 nitrogen and oxygen atoms in total. The summed E-state index contributed by atoms with van der Waals surface area (Å²) in [6.07, 6.45) is 3.91. The first kappa shape index (κ1) is 35.4. The number of carbonyl (C=O) groups is 4. The van der Waals surface area contributed by atoms with Crippen LogP contribution in [0.5, 0.6) is 0 Å². The molecule has 2 aliphatic heterocycles. The average molecular weight is 774 g/mol. The van der Waals surface area contributed by atoms with Gasteiger partial charge in [0.15, 0.2) is 5.82 Å². The van der Waals surface area contributed by atoms with Gasteiger partial charge >= 0.3 is 6.09 Å². The topological polar surface area (TPSA) is 178 Å². The highest BCUT2D eigenvalue weighted by Crippen LogP contribution is 2.37. The highest BCUT2D eigenvalue weighted by Gasteiger charge is 2.39. The number of rotatable bonds is 9. The largest absolute Gasteiger partial charge is 0.453 e. The van der Waals surface area contributed by atoms with Gasteiger partial charge in [0.05, 0.1) is 38.5 Å². The number of hydrogen-bond acceptors (Lipinski definition) is 8. The number of pyridine rings is 1. The Morgan fingerprint density at radius 3 is 2.18 bits per heavy atom. The van der Waals surface area contributed by atoms with E-state index in [1.807, 2.05) is 36.5 Å². The minimum atomic E-state index is -1.91. The molecule has 4 amide bonds. The first-order valence-corrected chi connectivity index (χ1v) is 19.6. The summed E-state index contributed by atoms with van der Waals surface area (Å²) in [7, 11) is 1.20. The van der Waals surface area contributed by atoms with E-state index in [-0.39, 0.29) is 6.04 Å². The fourth-order valence-corrected chi connectivity index (χ4v) is 8.29. The van der Waals surface area contributed by atoms with Crippen LogP contribution in [0.4, 0.5) is 4.79 Å². The van der Waals surface area contributed by atoms with Gasteiger partial charge in [-0.2, -0.15) is 0 Å². The number of carbonyl (C=O) groups excluding carboxylic acids is 4. The number of ether oxygens (including phenoxy) is 1. The molecular weight excluding hydrogens is 723 g/mol. The first-order valence-electron chi connectivity index (χ1n) is 20.6. The molecule has 2 fully saturated rings. The van der Waals surface area contributed by atoms with E-state index in [1.54, 1.807) is 37.5 Å². The maximum absolute atomic E-state index is 13.8. The number of alkyl carbamates (subject to hydrolysis) is 1. The summed E-state index contributed by atoms with van der Waals surface area (Å²) in [6, 6.07) is 11.8. The molecule has 0 aliphatic carbocycles. The molecule has 4 atom stereocenters. The number of amides is 4. The van der Waals surface area contributed by atoms with Gasteiger partial charge in [-0.25, -0.2) is 19.7 Å². The highest BCUT2D eigenvalue weighted by molar-refractivity contribution is 6.07. The van der Waals surface area contributed by atoms with Gasteiger partial charge in [0.1, 0.15) is 23.4 Å². The van der Waals surface area contributed by atoms with E-state index >= 15 is 0 Å². The average Bonchev–Trinajstić information content (AvgIpc) is 4.04. The van der Waals surface area contributed by atoms with Crippen LogP contribution in [0.1, 0.15) is 86.8 Å². The van der Waals surface area contributed by atoms with Crippen molar-refractivity contribution in [1.82, 2.24) is 45.4 Å². The van der Waals surface area contributed by atoms with E-state index < -0.39 is 53.7 Å². The van der Waals surface area contributed by atoms with E-state index in [1.165, 1.54) is 14.0 Å². The number of benzene rings is 3. The third kappa shape index (κ3) is 7.02. The zero-order chi connectivity index (χ0) is 42.0. The first-order chi connectivity index (χ1) is 28.1. The van der Waals surface area contributed by atoms with E-state index in [9.17, 15) is 19.2 Å². The Kier molecular flexibility index (Phi) is 9.39. The fraction of sp³-hybridized carbons (Fsp3) is 0.419. The molecule has 57 heavy (non-hydrogen) atoms. The Balaban J connectivity index is 1.06. The molecular formula is C43H49N9O5. The summed E-state index contributed by atoms with van der Waals surface area (Å²) >= 11 is 0. The van der Waals surface area contributed by atoms with Crippen molar-refractivity contribution in [2.45, 2.75) is 84.4 Å². The number of aromatic nitrogens is 5. The second-order valence-electron chi connectivity index (χ2n) is 15.6. The lowest BCUT2D eigenvalue weighted by Crippen LogP contribution is -2.51. The van der Waals surface area contributed by atoms with Crippen LogP contribution >= 0.6 is 0 Å². The molecule has 8 rings (SSSR count). The van der Waals surface area contributed by atoms with E-state index in [2.05, 4.69) is 38.8 Å². The number of fused-ring (bicyclic) bond motifs is 6. The molecule has 4 N–H and O–H groups in total. The van der Waals surface area contributed by atoms with Crippen LogP contribution in [0.3, 0.4) is 0 Å². The molecule has 3 aromatic heterocycles. The van der Waals surface area contributed by atoms with E-state index in [4.69, 9.17) is 22.4 Å². The Hall–Kier alpha value is -6.05. The SMILES string of the molecule is [2H]C(NC(=O)OC)(C(=O)N1CCC[C@H]1c1nc2ccc3cc(-c4ccc5c(ccc6[nH]c([C@@H]7CCCN7C(=O)C([2H])(NC(C)=O)C(C)C)nc65)c4)[nH]cc3c2n1)C(C)C. The second-order valence-corrected chi connectivity index (χ2v) is 15.6. The van der Waals surface area contributed by atoms with Crippen molar-refractivity contribution in [3.63, 3.8) is 0 Å². The minimum Gasteiger partial charge on any atom is -0.453 e. The van der Waals surface area contributed by atoms with Gasteiger partial charge in [-0.15, -0.1) is 0 Å². The zero-order valence-corrected chi connectivity index (χ0v) is 33.0. The standard InChI is InChI=1S/C43H49N9O5/c1-22(2)35(45-24(5)53)41(54)51-17-7-9-33(51)39-46-30-15-12-25-19-27(11-14-28(25)37(30)48-39)32-20-26-13-16-31-38(29(26)21-44-32)49-40(47-31)34-10-8-18-52(34)42(55)36(23(3)4)50-43(56)57-6/h11-16,19-23,33-36,44H,7-10,17-18H2,1-6H3,(H,45,53)(H,46,48)(H,50,56)/t33-,34-,35?,36?/m0/s1/i35D,36D. The summed E-state index contributed by atoms with van der Waals surface area (Å²) in [4.78, 5) is 76.7. The number of nitrogens with one attached hydrogen (secondary N) is 4. The zero-order valence-electron chi connectivity index (χ0n) is 35.0. The van der Waals surface area contributed by atoms with Crippen molar-refractivity contribution in [2.24, 2.45) is 11.8 Å². The molecule has 2 aliphatic rings. The molecule has 0 spiro atoms. The van der Waals surface area contributed by atoms with Crippen LogP contribution < -0.4 is 10.6 Å². The van der Waals surface area contributed by atoms with Crippen LogP contribution in [-0.4, -0.2) is 90.8 Å². The Labute approximate surface area is 332 Å². The van der Waals surface area contributed by atoms with E-state index in [0.717, 1.165) is 56.7 Å². The molecule has 0 saturated carbocycles. The maximum Gasteiger partial charge on any atom is 0.407 e. The lowest BCUT2D eigenvalue weighted by molar-refractivity contribution is -0.138. The number of methoxy groups -OCH3 is 1. The molecule has 6 aromatic rings. The molecule has 5 heterocycles. The van der Waals surface area contributed by atoms with Gasteiger partial charge < -0.3 is 35.1 Å². The monoisotopic (exact) mass is 773 g/mol. The third-order valence-electron chi connectivity index (χ3n) is 11.1. The lowest BCUT2D eigenvalue weighted by atomic mass is 10.0. The van der Waals surface area contributed by atoms with Crippen LogP contribution in [0.2, 0.25) is 0 Å². The molecule has 3 aromatic carbocycles. The normalized spacial score (nSPS) is 19.9. The second kappa shape index (κ2) is 15.1. The number of aromatic amines is 2. The van der Waals surface area contributed by atoms with Crippen molar-refractivity contribution in [3.05, 3.63) is 66.4 Å². The van der Waals surface area contributed by atoms with Gasteiger partial charge in [-0.05, 0) is 78.1 Å². The summed E-state index contributed by atoms with van der Waals surface area (Å²) in [5.41, 5.74) is 4.92. The molecule has 0 radical (unpaired) electrons. The number of H-pyrrole nitrogens is 2. The molecule has 296 valence electrons.